The van der Waals surface area contributed by atoms with Crippen LogP contribution in [0.1, 0.15) is 11.1 Å². The summed E-state index contributed by atoms with van der Waals surface area (Å²) in [6.07, 6.45) is 6.92. The SMILES string of the molecule is C(/C=C/c1ccccc1)=NCCc1ccccc1. The number of benzene rings is 2. The van der Waals surface area contributed by atoms with Gasteiger partial charge in [0, 0.05) is 12.8 Å². The monoisotopic (exact) mass is 235 g/mol. The molecule has 0 amide bonds. The molecule has 90 valence electrons. The Bertz CT molecular complexity index is 498. The predicted molar refractivity (Wildman–Crippen MR) is 79.0 cm³/mol. The lowest BCUT2D eigenvalue weighted by Crippen LogP contribution is -1.88. The maximum Gasteiger partial charge on any atom is 0.0429 e. The van der Waals surface area contributed by atoms with Gasteiger partial charge in [0.15, 0.2) is 0 Å². The van der Waals surface area contributed by atoms with Crippen molar-refractivity contribution in [1.82, 2.24) is 0 Å². The minimum Gasteiger partial charge on any atom is -0.293 e. The molecule has 0 radical (unpaired) electrons. The van der Waals surface area contributed by atoms with E-state index in [1.54, 1.807) is 0 Å². The van der Waals surface area contributed by atoms with Crippen LogP contribution in [-0.4, -0.2) is 12.8 Å². The van der Waals surface area contributed by atoms with Gasteiger partial charge in [-0.05, 0) is 23.6 Å². The van der Waals surface area contributed by atoms with Crippen LogP contribution in [0.5, 0.6) is 0 Å². The van der Waals surface area contributed by atoms with Gasteiger partial charge >= 0.3 is 0 Å². The molecule has 1 nitrogen and oxygen atoms in total. The molecule has 2 aromatic carbocycles. The van der Waals surface area contributed by atoms with Crippen molar-refractivity contribution in [2.75, 3.05) is 6.54 Å². The van der Waals surface area contributed by atoms with Crippen LogP contribution < -0.4 is 0 Å². The molecule has 0 aliphatic heterocycles. The lowest BCUT2D eigenvalue weighted by atomic mass is 10.2. The van der Waals surface area contributed by atoms with E-state index >= 15 is 0 Å². The highest BCUT2D eigenvalue weighted by atomic mass is 14.7. The molecule has 0 aliphatic rings. The smallest absolute Gasteiger partial charge is 0.0429 e. The van der Waals surface area contributed by atoms with E-state index in [-0.39, 0.29) is 0 Å². The van der Waals surface area contributed by atoms with Crippen LogP contribution in [-0.2, 0) is 6.42 Å². The summed E-state index contributed by atoms with van der Waals surface area (Å²) in [5.41, 5.74) is 2.54. The van der Waals surface area contributed by atoms with Crippen molar-refractivity contribution in [3.8, 4) is 0 Å². The zero-order valence-corrected chi connectivity index (χ0v) is 10.4. The number of rotatable bonds is 5. The normalized spacial score (nSPS) is 11.3. The molecular formula is C17H17N. The fourth-order valence-electron chi connectivity index (χ4n) is 1.69. The summed E-state index contributed by atoms with van der Waals surface area (Å²) in [6.45, 7) is 0.836. The van der Waals surface area contributed by atoms with Crippen LogP contribution >= 0.6 is 0 Å². The lowest BCUT2D eigenvalue weighted by molar-refractivity contribution is 0.974. The predicted octanol–water partition coefficient (Wildman–Crippen LogP) is 4.01. The summed E-state index contributed by atoms with van der Waals surface area (Å²) in [6, 6.07) is 20.7. The Morgan fingerprint density at radius 2 is 1.50 bits per heavy atom. The van der Waals surface area contributed by atoms with Crippen LogP contribution in [0.3, 0.4) is 0 Å². The number of aliphatic imine (C=N–C) groups is 1. The summed E-state index contributed by atoms with van der Waals surface area (Å²) >= 11 is 0. The maximum atomic E-state index is 4.37. The third kappa shape index (κ3) is 4.38. The number of allylic oxidation sites excluding steroid dienone is 1. The third-order valence-electron chi connectivity index (χ3n) is 2.65. The Balaban J connectivity index is 1.74. The van der Waals surface area contributed by atoms with Gasteiger partial charge in [-0.25, -0.2) is 0 Å². The molecule has 18 heavy (non-hydrogen) atoms. The average molecular weight is 235 g/mol. The van der Waals surface area contributed by atoms with Crippen LogP contribution in [0.15, 0.2) is 71.7 Å². The van der Waals surface area contributed by atoms with E-state index in [4.69, 9.17) is 0 Å². The summed E-state index contributed by atoms with van der Waals surface area (Å²) < 4.78 is 0. The zero-order chi connectivity index (χ0) is 12.5. The first kappa shape index (κ1) is 12.3. The maximum absolute atomic E-state index is 4.37. The molecule has 0 fully saturated rings. The first-order valence-electron chi connectivity index (χ1n) is 6.20. The molecule has 2 rings (SSSR count). The van der Waals surface area contributed by atoms with Crippen LogP contribution in [0.2, 0.25) is 0 Å². The molecule has 0 saturated carbocycles. The molecule has 0 unspecified atom stereocenters. The quantitative estimate of drug-likeness (QED) is 0.694. The van der Waals surface area contributed by atoms with Crippen molar-refractivity contribution in [3.05, 3.63) is 77.9 Å². The molecular weight excluding hydrogens is 218 g/mol. The van der Waals surface area contributed by atoms with E-state index < -0.39 is 0 Å². The van der Waals surface area contributed by atoms with Crippen molar-refractivity contribution in [3.63, 3.8) is 0 Å². The second-order valence-corrected chi connectivity index (χ2v) is 4.06. The van der Waals surface area contributed by atoms with E-state index in [1.807, 2.05) is 36.6 Å². The van der Waals surface area contributed by atoms with E-state index in [0.717, 1.165) is 13.0 Å². The van der Waals surface area contributed by atoms with Gasteiger partial charge in [-0.1, -0.05) is 66.7 Å². The topological polar surface area (TPSA) is 12.4 Å². The van der Waals surface area contributed by atoms with Crippen LogP contribution in [0.4, 0.5) is 0 Å². The van der Waals surface area contributed by atoms with E-state index in [1.165, 1.54) is 11.1 Å². The minimum atomic E-state index is 0.836. The Morgan fingerprint density at radius 1 is 0.833 bits per heavy atom. The van der Waals surface area contributed by atoms with Gasteiger partial charge in [0.2, 0.25) is 0 Å². The third-order valence-corrected chi connectivity index (χ3v) is 2.65. The highest BCUT2D eigenvalue weighted by molar-refractivity contribution is 5.78. The number of nitrogens with zero attached hydrogens (tertiary/aromatic N) is 1. The van der Waals surface area contributed by atoms with Crippen LogP contribution in [0.25, 0.3) is 6.08 Å². The van der Waals surface area contributed by atoms with Gasteiger partial charge in [-0.2, -0.15) is 0 Å². The van der Waals surface area contributed by atoms with Gasteiger partial charge in [0.25, 0.3) is 0 Å². The molecule has 0 bridgehead atoms. The molecule has 0 aromatic heterocycles. The molecule has 1 heteroatoms. The lowest BCUT2D eigenvalue weighted by Gasteiger charge is -1.95. The highest BCUT2D eigenvalue weighted by Crippen LogP contribution is 2.00. The van der Waals surface area contributed by atoms with Gasteiger partial charge < -0.3 is 0 Å². The van der Waals surface area contributed by atoms with Gasteiger partial charge in [0.05, 0.1) is 0 Å². The first-order chi connectivity index (χ1) is 8.95. The van der Waals surface area contributed by atoms with Gasteiger partial charge in [0.1, 0.15) is 0 Å². The van der Waals surface area contributed by atoms with E-state index in [2.05, 4.69) is 47.5 Å². The Labute approximate surface area is 109 Å². The molecule has 0 heterocycles. The summed E-state index contributed by atoms with van der Waals surface area (Å²) in [5.74, 6) is 0. The second-order valence-electron chi connectivity index (χ2n) is 4.06. The Kier molecular flexibility index (Phi) is 4.94. The van der Waals surface area contributed by atoms with Crippen molar-refractivity contribution in [2.24, 2.45) is 4.99 Å². The molecule has 0 aliphatic carbocycles. The highest BCUT2D eigenvalue weighted by Gasteiger charge is 1.87. The van der Waals surface area contributed by atoms with Gasteiger partial charge in [-0.15, -0.1) is 0 Å². The molecule has 0 atom stereocenters. The number of hydrogen-bond donors (Lipinski definition) is 0. The van der Waals surface area contributed by atoms with Crippen molar-refractivity contribution >= 4 is 12.3 Å². The van der Waals surface area contributed by atoms with Crippen molar-refractivity contribution in [1.29, 1.82) is 0 Å². The fraction of sp³-hybridized carbons (Fsp3) is 0.118. The summed E-state index contributed by atoms with van der Waals surface area (Å²) in [5, 5.41) is 0. The Morgan fingerprint density at radius 3 is 2.22 bits per heavy atom. The van der Waals surface area contributed by atoms with Crippen molar-refractivity contribution in [2.45, 2.75) is 6.42 Å². The zero-order valence-electron chi connectivity index (χ0n) is 10.4. The van der Waals surface area contributed by atoms with Crippen molar-refractivity contribution < 1.29 is 0 Å². The van der Waals surface area contributed by atoms with E-state index in [0.29, 0.717) is 0 Å². The minimum absolute atomic E-state index is 0.836. The molecule has 2 aromatic rings. The summed E-state index contributed by atoms with van der Waals surface area (Å²) in [4.78, 5) is 4.37. The second kappa shape index (κ2) is 7.23. The summed E-state index contributed by atoms with van der Waals surface area (Å²) in [7, 11) is 0. The number of hydrogen-bond acceptors (Lipinski definition) is 1. The fourth-order valence-corrected chi connectivity index (χ4v) is 1.69. The Hall–Kier alpha value is -2.15. The largest absolute Gasteiger partial charge is 0.293 e. The van der Waals surface area contributed by atoms with E-state index in [9.17, 15) is 0 Å². The molecule has 0 N–H and O–H groups in total. The molecule has 0 spiro atoms. The average Bonchev–Trinajstić information content (AvgIpc) is 2.45. The molecule has 0 saturated heterocycles. The van der Waals surface area contributed by atoms with Gasteiger partial charge in [-0.3, -0.25) is 4.99 Å². The standard InChI is InChI=1S/C17H17N/c1-3-8-16(9-4-1)12-7-14-18-15-13-17-10-5-2-6-11-17/h1-12,14H,13,15H2/b12-7+,18-14?. The first-order valence-corrected chi connectivity index (χ1v) is 6.20. The van der Waals surface area contributed by atoms with Crippen LogP contribution in [0, 0.1) is 0 Å².